The minimum Gasteiger partial charge on any atom is -0.319 e. The third-order valence-corrected chi connectivity index (χ3v) is 5.00. The number of amides is 2. The number of para-hydroxylation sites is 2. The number of rotatable bonds is 4. The van der Waals surface area contributed by atoms with Crippen LogP contribution in [0.3, 0.4) is 0 Å². The van der Waals surface area contributed by atoms with Crippen LogP contribution in [0, 0.1) is 0 Å². The molecule has 136 valence electrons. The van der Waals surface area contributed by atoms with Gasteiger partial charge in [0, 0.05) is 25.7 Å². The summed E-state index contributed by atoms with van der Waals surface area (Å²) in [5, 5.41) is 10.7. The Hall–Kier alpha value is -2.67. The van der Waals surface area contributed by atoms with Crippen LogP contribution in [0.1, 0.15) is 42.2 Å². The van der Waals surface area contributed by atoms with Crippen LogP contribution in [0.15, 0.2) is 36.5 Å². The molecule has 0 radical (unpaired) electrons. The van der Waals surface area contributed by atoms with Crippen LogP contribution in [0.4, 0.5) is 11.4 Å². The lowest BCUT2D eigenvalue weighted by molar-refractivity contribution is -0.117. The topological polar surface area (TPSA) is 79.3 Å². The fourth-order valence-electron chi connectivity index (χ4n) is 3.63. The van der Waals surface area contributed by atoms with Gasteiger partial charge in [0.1, 0.15) is 0 Å². The zero-order valence-electron chi connectivity index (χ0n) is 14.6. The second kappa shape index (κ2) is 7.29. The summed E-state index contributed by atoms with van der Waals surface area (Å²) in [6.07, 6.45) is 5.45. The predicted molar refractivity (Wildman–Crippen MR) is 99.3 cm³/mol. The number of aromatic nitrogens is 2. The Morgan fingerprint density at radius 2 is 2.12 bits per heavy atom. The highest BCUT2D eigenvalue weighted by Crippen LogP contribution is 2.29. The van der Waals surface area contributed by atoms with E-state index in [1.165, 1.54) is 0 Å². The van der Waals surface area contributed by atoms with Crippen LogP contribution in [-0.4, -0.2) is 41.2 Å². The van der Waals surface area contributed by atoms with Gasteiger partial charge < -0.3 is 15.5 Å². The fraction of sp³-hybridized carbons (Fsp3) is 0.421. The Morgan fingerprint density at radius 3 is 2.88 bits per heavy atom. The Kier molecular flexibility index (Phi) is 4.71. The minimum atomic E-state index is -0.258. The van der Waals surface area contributed by atoms with Gasteiger partial charge in [0.25, 0.3) is 5.91 Å². The van der Waals surface area contributed by atoms with E-state index < -0.39 is 0 Å². The molecule has 2 aliphatic heterocycles. The lowest BCUT2D eigenvalue weighted by Gasteiger charge is -2.23. The summed E-state index contributed by atoms with van der Waals surface area (Å²) in [6.45, 7) is 2.61. The molecule has 2 fully saturated rings. The smallest absolute Gasteiger partial charge is 0.276 e. The Labute approximate surface area is 152 Å². The molecule has 2 aliphatic rings. The summed E-state index contributed by atoms with van der Waals surface area (Å²) in [7, 11) is 0. The van der Waals surface area contributed by atoms with Crippen molar-refractivity contribution in [1.29, 1.82) is 0 Å². The van der Waals surface area contributed by atoms with Crippen molar-refractivity contribution in [1.82, 2.24) is 15.1 Å². The zero-order valence-corrected chi connectivity index (χ0v) is 14.6. The molecule has 1 unspecified atom stereocenters. The number of anilines is 2. The molecule has 0 saturated carbocycles. The van der Waals surface area contributed by atoms with E-state index in [-0.39, 0.29) is 11.8 Å². The van der Waals surface area contributed by atoms with Crippen molar-refractivity contribution in [2.75, 3.05) is 29.9 Å². The highest BCUT2D eigenvalue weighted by Gasteiger charge is 2.25. The summed E-state index contributed by atoms with van der Waals surface area (Å²) in [4.78, 5) is 26.4. The molecule has 2 amide bonds. The number of hydrogen-bond donors (Lipinski definition) is 2. The van der Waals surface area contributed by atoms with Gasteiger partial charge in [0.05, 0.1) is 17.4 Å². The maximum Gasteiger partial charge on any atom is 0.276 e. The van der Waals surface area contributed by atoms with Gasteiger partial charge in [0.15, 0.2) is 5.69 Å². The Bertz CT molecular complexity index is 810. The number of nitrogens with one attached hydrogen (secondary N) is 2. The average Bonchev–Trinajstić information content (AvgIpc) is 3.32. The largest absolute Gasteiger partial charge is 0.319 e. The molecule has 1 aromatic carbocycles. The fourth-order valence-corrected chi connectivity index (χ4v) is 3.63. The normalized spacial score (nSPS) is 20.4. The summed E-state index contributed by atoms with van der Waals surface area (Å²) in [5.74, 6) is -0.160. The molecule has 1 aromatic heterocycles. The minimum absolute atomic E-state index is 0.0979. The second-order valence-electron chi connectivity index (χ2n) is 6.80. The number of piperidine rings is 1. The van der Waals surface area contributed by atoms with E-state index in [1.54, 1.807) is 11.0 Å². The lowest BCUT2D eigenvalue weighted by Crippen LogP contribution is -2.32. The molecule has 1 atom stereocenters. The molecular weight excluding hydrogens is 330 g/mol. The summed E-state index contributed by atoms with van der Waals surface area (Å²) in [5.41, 5.74) is 1.78. The summed E-state index contributed by atoms with van der Waals surface area (Å²) >= 11 is 0. The number of benzene rings is 1. The highest BCUT2D eigenvalue weighted by atomic mass is 16.2. The molecule has 7 nitrogen and oxygen atoms in total. The van der Waals surface area contributed by atoms with Gasteiger partial charge in [0.2, 0.25) is 5.91 Å². The van der Waals surface area contributed by atoms with Crippen molar-refractivity contribution >= 4 is 23.2 Å². The third-order valence-electron chi connectivity index (χ3n) is 5.00. The second-order valence-corrected chi connectivity index (χ2v) is 6.80. The van der Waals surface area contributed by atoms with Crippen molar-refractivity contribution in [2.24, 2.45) is 0 Å². The molecule has 2 saturated heterocycles. The van der Waals surface area contributed by atoms with Crippen molar-refractivity contribution in [2.45, 2.75) is 31.7 Å². The maximum absolute atomic E-state index is 12.7. The number of carbonyl (C=O) groups is 2. The SMILES string of the molecule is O=C(Nc1ccccc1N1CCCC1=O)c1ccn(C2CCCNC2)n1. The molecule has 2 N–H and O–H groups in total. The van der Waals surface area contributed by atoms with E-state index in [4.69, 9.17) is 0 Å². The first-order valence-corrected chi connectivity index (χ1v) is 9.19. The standard InChI is InChI=1S/C19H23N5O2/c25-18-8-4-11-23(18)17-7-2-1-6-15(17)21-19(26)16-9-12-24(22-16)14-5-3-10-20-13-14/h1-2,6-7,9,12,14,20H,3-5,8,10-11,13H2,(H,21,26). The van der Waals surface area contributed by atoms with Crippen molar-refractivity contribution in [3.8, 4) is 0 Å². The molecule has 2 aromatic rings. The van der Waals surface area contributed by atoms with Gasteiger partial charge in [-0.25, -0.2) is 0 Å². The van der Waals surface area contributed by atoms with E-state index in [9.17, 15) is 9.59 Å². The molecule has 26 heavy (non-hydrogen) atoms. The van der Waals surface area contributed by atoms with Gasteiger partial charge in [-0.1, -0.05) is 12.1 Å². The van der Waals surface area contributed by atoms with Crippen molar-refractivity contribution in [3.05, 3.63) is 42.2 Å². The molecule has 3 heterocycles. The van der Waals surface area contributed by atoms with E-state index in [1.807, 2.05) is 35.1 Å². The zero-order chi connectivity index (χ0) is 17.9. The van der Waals surface area contributed by atoms with Crippen LogP contribution in [0.5, 0.6) is 0 Å². The summed E-state index contributed by atoms with van der Waals surface area (Å²) < 4.78 is 1.87. The van der Waals surface area contributed by atoms with Gasteiger partial charge in [-0.3, -0.25) is 14.3 Å². The monoisotopic (exact) mass is 353 g/mol. The van der Waals surface area contributed by atoms with Crippen LogP contribution in [0.25, 0.3) is 0 Å². The third kappa shape index (κ3) is 3.35. The average molecular weight is 353 g/mol. The highest BCUT2D eigenvalue weighted by molar-refractivity contribution is 6.07. The number of nitrogens with zero attached hydrogens (tertiary/aromatic N) is 3. The summed E-state index contributed by atoms with van der Waals surface area (Å²) in [6, 6.07) is 9.45. The first-order valence-electron chi connectivity index (χ1n) is 9.19. The molecule has 0 aliphatic carbocycles. The lowest BCUT2D eigenvalue weighted by atomic mass is 10.1. The van der Waals surface area contributed by atoms with Crippen LogP contribution < -0.4 is 15.5 Å². The van der Waals surface area contributed by atoms with Crippen LogP contribution in [-0.2, 0) is 4.79 Å². The van der Waals surface area contributed by atoms with Crippen molar-refractivity contribution in [3.63, 3.8) is 0 Å². The van der Waals surface area contributed by atoms with Crippen LogP contribution >= 0.6 is 0 Å². The predicted octanol–water partition coefficient (Wildman–Crippen LogP) is 2.19. The van der Waals surface area contributed by atoms with Crippen molar-refractivity contribution < 1.29 is 9.59 Å². The van der Waals surface area contributed by atoms with E-state index in [0.29, 0.717) is 30.4 Å². The molecule has 4 rings (SSSR count). The van der Waals surface area contributed by atoms with E-state index in [2.05, 4.69) is 15.7 Å². The van der Waals surface area contributed by atoms with Gasteiger partial charge >= 0.3 is 0 Å². The van der Waals surface area contributed by atoms with Gasteiger partial charge in [-0.2, -0.15) is 5.10 Å². The Morgan fingerprint density at radius 1 is 1.23 bits per heavy atom. The number of carbonyl (C=O) groups excluding carboxylic acids is 2. The Balaban J connectivity index is 1.50. The maximum atomic E-state index is 12.7. The quantitative estimate of drug-likeness (QED) is 0.883. The molecular formula is C19H23N5O2. The first-order chi connectivity index (χ1) is 12.7. The number of hydrogen-bond acceptors (Lipinski definition) is 4. The molecule has 0 spiro atoms. The molecule has 7 heteroatoms. The molecule has 0 bridgehead atoms. The first kappa shape index (κ1) is 16.8. The van der Waals surface area contributed by atoms with Gasteiger partial charge in [-0.05, 0) is 44.0 Å². The van der Waals surface area contributed by atoms with Gasteiger partial charge in [-0.15, -0.1) is 0 Å². The van der Waals surface area contributed by atoms with E-state index in [0.717, 1.165) is 38.0 Å². The van der Waals surface area contributed by atoms with Crippen LogP contribution in [0.2, 0.25) is 0 Å². The van der Waals surface area contributed by atoms with E-state index >= 15 is 0 Å².